The lowest BCUT2D eigenvalue weighted by Crippen LogP contribution is -2.61. The average Bonchev–Trinajstić information content (AvgIpc) is 2.56. The van der Waals surface area contributed by atoms with Crippen LogP contribution in [-0.2, 0) is 28.7 Å². The van der Waals surface area contributed by atoms with Crippen molar-refractivity contribution in [3.05, 3.63) is 11.8 Å². The highest BCUT2D eigenvalue weighted by molar-refractivity contribution is 5.97. The van der Waals surface area contributed by atoms with E-state index in [1.165, 1.54) is 11.8 Å². The molecule has 0 aliphatic carbocycles. The van der Waals surface area contributed by atoms with E-state index in [4.69, 9.17) is 10.5 Å². The molecule has 0 saturated carbocycles. The molecule has 9 nitrogen and oxygen atoms in total. The van der Waals surface area contributed by atoms with E-state index in [2.05, 4.69) is 10.1 Å². The van der Waals surface area contributed by atoms with E-state index in [9.17, 15) is 32.3 Å². The molecule has 0 aromatic rings. The fraction of sp³-hybridized carbons (Fsp3) is 0.600. The van der Waals surface area contributed by atoms with Gasteiger partial charge in [-0.25, -0.2) is 9.59 Å². The summed E-state index contributed by atoms with van der Waals surface area (Å²) in [6.07, 6.45) is -6.00. The smallest absolute Gasteiger partial charge is 0.471 e. The Balaban J connectivity index is 3.13. The second kappa shape index (κ2) is 8.84. The van der Waals surface area contributed by atoms with Crippen molar-refractivity contribution >= 4 is 23.8 Å². The molecular formula is C15H20F3N3O6. The Hall–Kier alpha value is -2.63. The number of ether oxygens (including phenoxy) is 2. The minimum absolute atomic E-state index is 0.271. The molecule has 2 amide bonds. The highest BCUT2D eigenvalue weighted by Gasteiger charge is 2.46. The Bertz CT molecular complexity index is 645. The van der Waals surface area contributed by atoms with Crippen molar-refractivity contribution in [1.29, 1.82) is 0 Å². The van der Waals surface area contributed by atoms with Crippen LogP contribution in [0.25, 0.3) is 0 Å². The number of nitrogens with two attached hydrogens (primary N) is 1. The molecule has 0 bridgehead atoms. The molecule has 3 atom stereocenters. The largest absolute Gasteiger partial charge is 0.491 e. The Morgan fingerprint density at radius 3 is 2.26 bits per heavy atom. The summed E-state index contributed by atoms with van der Waals surface area (Å²) in [6.45, 7) is 5.05. The van der Waals surface area contributed by atoms with Gasteiger partial charge in [0.1, 0.15) is 0 Å². The van der Waals surface area contributed by atoms with Crippen LogP contribution in [0.2, 0.25) is 0 Å². The summed E-state index contributed by atoms with van der Waals surface area (Å²) >= 11 is 0. The van der Waals surface area contributed by atoms with E-state index in [0.717, 1.165) is 6.08 Å². The van der Waals surface area contributed by atoms with Crippen LogP contribution < -0.4 is 11.1 Å². The molecule has 0 aromatic heterocycles. The zero-order valence-electron chi connectivity index (χ0n) is 14.8. The third-order valence-corrected chi connectivity index (χ3v) is 3.65. The second-order valence-corrected chi connectivity index (χ2v) is 5.56. The molecule has 0 aromatic carbocycles. The molecule has 1 rings (SSSR count). The van der Waals surface area contributed by atoms with E-state index in [0.29, 0.717) is 0 Å². The van der Waals surface area contributed by atoms with Gasteiger partial charge in [-0.15, -0.1) is 0 Å². The molecule has 1 aliphatic heterocycles. The standard InChI is InChI=1S/C15H20F3N3O6/c1-4-21(5-2)12(23)11-10(20-7(3)22)8(19)6-9(26-11)13(24)27-14(25)15(16,17)18/h6,8,10-11H,4-5,19H2,1-3H3,(H,20,22)/t8-,10+,11+/m0/s1. The van der Waals surface area contributed by atoms with Crippen LogP contribution in [0, 0.1) is 0 Å². The van der Waals surface area contributed by atoms with Gasteiger partial charge in [-0.05, 0) is 19.9 Å². The van der Waals surface area contributed by atoms with Gasteiger partial charge in [0.25, 0.3) is 5.91 Å². The topological polar surface area (TPSA) is 128 Å². The van der Waals surface area contributed by atoms with Crippen molar-refractivity contribution in [3.63, 3.8) is 0 Å². The van der Waals surface area contributed by atoms with Crippen molar-refractivity contribution in [1.82, 2.24) is 10.2 Å². The maximum Gasteiger partial charge on any atom is 0.491 e. The number of carbonyl (C=O) groups is 4. The molecule has 3 N–H and O–H groups in total. The maximum absolute atomic E-state index is 12.6. The lowest BCUT2D eigenvalue weighted by Gasteiger charge is -2.36. The molecule has 1 heterocycles. The molecule has 0 radical (unpaired) electrons. The minimum atomic E-state index is -5.39. The van der Waals surface area contributed by atoms with Crippen molar-refractivity contribution in [3.8, 4) is 0 Å². The van der Waals surface area contributed by atoms with Gasteiger partial charge in [0.2, 0.25) is 11.7 Å². The Morgan fingerprint density at radius 1 is 1.26 bits per heavy atom. The van der Waals surface area contributed by atoms with Crippen LogP contribution in [-0.4, -0.2) is 66.1 Å². The minimum Gasteiger partial charge on any atom is -0.471 e. The lowest BCUT2D eigenvalue weighted by molar-refractivity contribution is -0.202. The number of hydrogen-bond acceptors (Lipinski definition) is 7. The summed E-state index contributed by atoms with van der Waals surface area (Å²) in [7, 11) is 0. The number of nitrogens with one attached hydrogen (secondary N) is 1. The number of nitrogens with zero attached hydrogens (tertiary/aromatic N) is 1. The first-order chi connectivity index (χ1) is 12.4. The molecule has 0 saturated heterocycles. The van der Waals surface area contributed by atoms with Crippen LogP contribution in [0.1, 0.15) is 20.8 Å². The number of halogens is 3. The van der Waals surface area contributed by atoms with Gasteiger partial charge in [0, 0.05) is 20.0 Å². The fourth-order valence-electron chi connectivity index (χ4n) is 2.36. The summed E-state index contributed by atoms with van der Waals surface area (Å²) < 4.78 is 45.6. The molecule has 0 fully saturated rings. The maximum atomic E-state index is 12.6. The zero-order chi connectivity index (χ0) is 20.9. The van der Waals surface area contributed by atoms with Crippen LogP contribution in [0.4, 0.5) is 13.2 Å². The third-order valence-electron chi connectivity index (χ3n) is 3.65. The first-order valence-corrected chi connectivity index (χ1v) is 7.95. The van der Waals surface area contributed by atoms with Gasteiger partial charge in [-0.1, -0.05) is 0 Å². The van der Waals surface area contributed by atoms with Gasteiger partial charge in [-0.3, -0.25) is 9.59 Å². The van der Waals surface area contributed by atoms with E-state index in [1.54, 1.807) is 13.8 Å². The highest BCUT2D eigenvalue weighted by atomic mass is 19.4. The first kappa shape index (κ1) is 22.4. The quantitative estimate of drug-likeness (QED) is 0.479. The highest BCUT2D eigenvalue weighted by Crippen LogP contribution is 2.22. The van der Waals surface area contributed by atoms with Crippen LogP contribution >= 0.6 is 0 Å². The summed E-state index contributed by atoms with van der Waals surface area (Å²) in [5.74, 6) is -6.49. The van der Waals surface area contributed by atoms with Crippen molar-refractivity contribution in [2.75, 3.05) is 13.1 Å². The number of likely N-dealkylation sites (N-methyl/N-ethyl adjacent to an activating group) is 1. The fourth-order valence-corrected chi connectivity index (χ4v) is 2.36. The molecule has 27 heavy (non-hydrogen) atoms. The Labute approximate surface area is 152 Å². The normalized spacial score (nSPS) is 22.2. The number of alkyl halides is 3. The van der Waals surface area contributed by atoms with Gasteiger partial charge < -0.3 is 25.4 Å². The van der Waals surface area contributed by atoms with Gasteiger partial charge in [-0.2, -0.15) is 13.2 Å². The predicted octanol–water partition coefficient (Wildman–Crippen LogP) is -0.398. The molecule has 0 spiro atoms. The van der Waals surface area contributed by atoms with Crippen molar-refractivity contribution < 1.29 is 41.8 Å². The molecular weight excluding hydrogens is 375 g/mol. The number of amides is 2. The molecule has 152 valence electrons. The van der Waals surface area contributed by atoms with E-state index in [-0.39, 0.29) is 13.1 Å². The van der Waals surface area contributed by atoms with Crippen molar-refractivity contribution in [2.24, 2.45) is 5.73 Å². The molecule has 12 heteroatoms. The molecule has 1 aliphatic rings. The van der Waals surface area contributed by atoms with Gasteiger partial charge in [0.05, 0.1) is 12.1 Å². The van der Waals surface area contributed by atoms with Crippen LogP contribution in [0.5, 0.6) is 0 Å². The summed E-state index contributed by atoms with van der Waals surface area (Å²) in [4.78, 5) is 47.9. The summed E-state index contributed by atoms with van der Waals surface area (Å²) in [6, 6.07) is -2.24. The Morgan fingerprint density at radius 2 is 1.81 bits per heavy atom. The van der Waals surface area contributed by atoms with Gasteiger partial charge in [0.15, 0.2) is 6.10 Å². The zero-order valence-corrected chi connectivity index (χ0v) is 14.8. The third kappa shape index (κ3) is 5.67. The van der Waals surface area contributed by atoms with Crippen molar-refractivity contribution in [2.45, 2.75) is 45.1 Å². The molecule has 0 unspecified atom stereocenters. The average molecular weight is 395 g/mol. The summed E-state index contributed by atoms with van der Waals surface area (Å²) in [5, 5.41) is 2.41. The lowest BCUT2D eigenvalue weighted by atomic mass is 9.97. The number of esters is 2. The number of rotatable bonds is 5. The summed E-state index contributed by atoms with van der Waals surface area (Å²) in [5.41, 5.74) is 5.83. The van der Waals surface area contributed by atoms with E-state index < -0.39 is 53.9 Å². The van der Waals surface area contributed by atoms with E-state index in [1.807, 2.05) is 0 Å². The number of carbonyl (C=O) groups excluding carboxylic acids is 4. The number of hydrogen-bond donors (Lipinski definition) is 2. The first-order valence-electron chi connectivity index (χ1n) is 7.95. The Kier molecular flexibility index (Phi) is 7.34. The SMILES string of the molecule is CCN(CC)C(=O)[C@@H]1OC(C(=O)OC(=O)C(F)(F)F)=C[C@H](N)[C@H]1NC(C)=O. The predicted molar refractivity (Wildman–Crippen MR) is 83.6 cm³/mol. The van der Waals surface area contributed by atoms with Crippen LogP contribution in [0.15, 0.2) is 11.8 Å². The monoisotopic (exact) mass is 395 g/mol. The van der Waals surface area contributed by atoms with Crippen LogP contribution in [0.3, 0.4) is 0 Å². The second-order valence-electron chi connectivity index (χ2n) is 5.56. The van der Waals surface area contributed by atoms with Gasteiger partial charge >= 0.3 is 18.1 Å². The van der Waals surface area contributed by atoms with E-state index >= 15 is 0 Å².